The van der Waals surface area contributed by atoms with Crippen molar-refractivity contribution in [2.24, 2.45) is 0 Å². The number of nitrogens with zero attached hydrogens (tertiary/aromatic N) is 2. The van der Waals surface area contributed by atoms with Crippen LogP contribution in [0, 0.1) is 6.92 Å². The third-order valence-electron chi connectivity index (χ3n) is 3.27. The lowest BCUT2D eigenvalue weighted by Gasteiger charge is -2.28. The van der Waals surface area contributed by atoms with Crippen LogP contribution in [0.2, 0.25) is 0 Å². The van der Waals surface area contributed by atoms with Gasteiger partial charge in [0.1, 0.15) is 0 Å². The van der Waals surface area contributed by atoms with E-state index in [0.29, 0.717) is 6.54 Å². The second-order valence-corrected chi connectivity index (χ2v) is 5.92. The molecule has 0 radical (unpaired) electrons. The zero-order valence-corrected chi connectivity index (χ0v) is 13.8. The molecule has 1 aromatic carbocycles. The molecule has 2 amide bonds. The fourth-order valence-corrected chi connectivity index (χ4v) is 2.24. The Balaban J connectivity index is 2.84. The van der Waals surface area contributed by atoms with E-state index in [1.165, 1.54) is 0 Å². The van der Waals surface area contributed by atoms with E-state index >= 15 is 0 Å². The van der Waals surface area contributed by atoms with Crippen molar-refractivity contribution in [3.8, 4) is 0 Å². The molecule has 0 bridgehead atoms. The van der Waals surface area contributed by atoms with Crippen LogP contribution in [-0.4, -0.2) is 48.8 Å². The van der Waals surface area contributed by atoms with Crippen LogP contribution in [0.15, 0.2) is 18.2 Å². The van der Waals surface area contributed by atoms with Gasteiger partial charge in [-0.1, -0.05) is 0 Å². The van der Waals surface area contributed by atoms with Crippen LogP contribution in [0.25, 0.3) is 0 Å². The first-order chi connectivity index (χ1) is 9.72. The maximum absolute atomic E-state index is 12.3. The summed E-state index contributed by atoms with van der Waals surface area (Å²) in [5.41, 5.74) is 2.99. The van der Waals surface area contributed by atoms with E-state index in [2.05, 4.69) is 5.32 Å². The van der Waals surface area contributed by atoms with Gasteiger partial charge in [0.2, 0.25) is 0 Å². The van der Waals surface area contributed by atoms with Crippen LogP contribution >= 0.6 is 0 Å². The van der Waals surface area contributed by atoms with E-state index in [9.17, 15) is 9.90 Å². The van der Waals surface area contributed by atoms with Crippen LogP contribution in [0.3, 0.4) is 0 Å². The Hall–Kier alpha value is -1.75. The van der Waals surface area contributed by atoms with Crippen molar-refractivity contribution in [1.29, 1.82) is 0 Å². The zero-order valence-electron chi connectivity index (χ0n) is 13.8. The number of urea groups is 1. The molecule has 0 heterocycles. The first-order valence-electron chi connectivity index (χ1n) is 7.26. The summed E-state index contributed by atoms with van der Waals surface area (Å²) in [7, 11) is 3.98. The van der Waals surface area contributed by atoms with Crippen molar-refractivity contribution in [3.63, 3.8) is 0 Å². The molecule has 1 rings (SSSR count). The summed E-state index contributed by atoms with van der Waals surface area (Å²) in [5, 5.41) is 12.4. The topological polar surface area (TPSA) is 55.8 Å². The summed E-state index contributed by atoms with van der Waals surface area (Å²) in [6.45, 7) is 7.88. The van der Waals surface area contributed by atoms with Crippen LogP contribution in [0.1, 0.15) is 26.3 Å². The highest BCUT2D eigenvalue weighted by molar-refractivity contribution is 5.90. The number of anilines is 2. The van der Waals surface area contributed by atoms with E-state index in [1.54, 1.807) is 11.8 Å². The van der Waals surface area contributed by atoms with Gasteiger partial charge in [0.15, 0.2) is 0 Å². The van der Waals surface area contributed by atoms with Gasteiger partial charge in [0.05, 0.1) is 6.10 Å². The van der Waals surface area contributed by atoms with Gasteiger partial charge in [0, 0.05) is 38.1 Å². The molecule has 0 aliphatic rings. The summed E-state index contributed by atoms with van der Waals surface area (Å²) >= 11 is 0. The number of nitrogens with one attached hydrogen (secondary N) is 1. The molecule has 0 aromatic heterocycles. The van der Waals surface area contributed by atoms with Gasteiger partial charge in [-0.05, 0) is 51.5 Å². The molecular weight excluding hydrogens is 266 g/mol. The van der Waals surface area contributed by atoms with Crippen LogP contribution in [0.5, 0.6) is 0 Å². The Kier molecular flexibility index (Phi) is 6.03. The lowest BCUT2D eigenvalue weighted by molar-refractivity contribution is 0.125. The third kappa shape index (κ3) is 4.93. The number of aliphatic hydroxyl groups excluding tert-OH is 1. The van der Waals surface area contributed by atoms with Crippen LogP contribution < -0.4 is 10.2 Å². The fourth-order valence-electron chi connectivity index (χ4n) is 2.24. The molecule has 118 valence electrons. The van der Waals surface area contributed by atoms with Gasteiger partial charge < -0.3 is 20.2 Å². The molecular formula is C16H27N3O2. The predicted molar refractivity (Wildman–Crippen MR) is 88.0 cm³/mol. The maximum Gasteiger partial charge on any atom is 0.322 e. The Bertz CT molecular complexity index is 484. The SMILES string of the molecule is Cc1cc(NC(=O)N(CC(C)O)C(C)C)ccc1N(C)C. The summed E-state index contributed by atoms with van der Waals surface area (Å²) in [6.07, 6.45) is -0.545. The first-order valence-corrected chi connectivity index (χ1v) is 7.26. The molecule has 0 saturated carbocycles. The van der Waals surface area contributed by atoms with E-state index < -0.39 is 6.10 Å². The van der Waals surface area contributed by atoms with Gasteiger partial charge in [-0.15, -0.1) is 0 Å². The lowest BCUT2D eigenvalue weighted by Crippen LogP contribution is -2.43. The standard InChI is InChI=1S/C16H27N3O2/c1-11(2)19(10-13(4)20)16(21)17-14-7-8-15(18(5)6)12(3)9-14/h7-9,11,13,20H,10H2,1-6H3,(H,17,21). The molecule has 0 saturated heterocycles. The van der Waals surface area contributed by atoms with E-state index in [0.717, 1.165) is 16.9 Å². The number of hydrogen-bond donors (Lipinski definition) is 2. The van der Waals surface area contributed by atoms with Crippen LogP contribution in [0.4, 0.5) is 16.2 Å². The highest BCUT2D eigenvalue weighted by Gasteiger charge is 2.18. The fraction of sp³-hybridized carbons (Fsp3) is 0.562. The molecule has 0 aliphatic heterocycles. The summed E-state index contributed by atoms with van der Waals surface area (Å²) in [6, 6.07) is 5.67. The molecule has 21 heavy (non-hydrogen) atoms. The number of carbonyl (C=O) groups excluding carboxylic acids is 1. The minimum absolute atomic E-state index is 0.0294. The highest BCUT2D eigenvalue weighted by atomic mass is 16.3. The second-order valence-electron chi connectivity index (χ2n) is 5.92. The van der Waals surface area contributed by atoms with E-state index in [-0.39, 0.29) is 12.1 Å². The van der Waals surface area contributed by atoms with Gasteiger partial charge >= 0.3 is 6.03 Å². The number of aliphatic hydroxyl groups is 1. The molecule has 1 atom stereocenters. The van der Waals surface area contributed by atoms with Gasteiger partial charge in [-0.3, -0.25) is 0 Å². The summed E-state index contributed by atoms with van der Waals surface area (Å²) in [5.74, 6) is 0. The number of carbonyl (C=O) groups is 1. The smallest absolute Gasteiger partial charge is 0.322 e. The van der Waals surface area contributed by atoms with E-state index in [1.807, 2.05) is 58.0 Å². The van der Waals surface area contributed by atoms with Crippen molar-refractivity contribution >= 4 is 17.4 Å². The molecule has 0 aliphatic carbocycles. The number of aryl methyl sites for hydroxylation is 1. The molecule has 1 aromatic rings. The van der Waals surface area contributed by atoms with Gasteiger partial charge in [0.25, 0.3) is 0 Å². The first kappa shape index (κ1) is 17.3. The molecule has 5 heteroatoms. The normalized spacial score (nSPS) is 12.2. The predicted octanol–water partition coefficient (Wildman–Crippen LogP) is 2.68. The molecule has 1 unspecified atom stereocenters. The summed E-state index contributed by atoms with van der Waals surface area (Å²) < 4.78 is 0. The summed E-state index contributed by atoms with van der Waals surface area (Å²) in [4.78, 5) is 16.0. The number of benzene rings is 1. The number of rotatable bonds is 5. The van der Waals surface area contributed by atoms with E-state index in [4.69, 9.17) is 0 Å². The van der Waals surface area contributed by atoms with Gasteiger partial charge in [-0.2, -0.15) is 0 Å². The average molecular weight is 293 g/mol. The van der Waals surface area contributed by atoms with Crippen molar-refractivity contribution in [2.45, 2.75) is 39.8 Å². The minimum atomic E-state index is -0.545. The molecule has 2 N–H and O–H groups in total. The largest absolute Gasteiger partial charge is 0.392 e. The Labute approximate surface area is 127 Å². The van der Waals surface area contributed by atoms with Crippen molar-refractivity contribution in [3.05, 3.63) is 23.8 Å². The van der Waals surface area contributed by atoms with Gasteiger partial charge in [-0.25, -0.2) is 4.79 Å². The second kappa shape index (κ2) is 7.31. The average Bonchev–Trinajstić information content (AvgIpc) is 2.34. The zero-order chi connectivity index (χ0) is 16.2. The molecule has 0 fully saturated rings. The Morgan fingerprint density at radius 2 is 1.90 bits per heavy atom. The quantitative estimate of drug-likeness (QED) is 0.877. The lowest BCUT2D eigenvalue weighted by atomic mass is 10.1. The Morgan fingerprint density at radius 3 is 2.33 bits per heavy atom. The maximum atomic E-state index is 12.3. The van der Waals surface area contributed by atoms with Crippen molar-refractivity contribution < 1.29 is 9.90 Å². The number of hydrogen-bond acceptors (Lipinski definition) is 3. The minimum Gasteiger partial charge on any atom is -0.392 e. The monoisotopic (exact) mass is 293 g/mol. The van der Waals surface area contributed by atoms with Crippen LogP contribution in [-0.2, 0) is 0 Å². The van der Waals surface area contributed by atoms with Crippen molar-refractivity contribution in [1.82, 2.24) is 4.90 Å². The molecule has 5 nitrogen and oxygen atoms in total. The third-order valence-corrected chi connectivity index (χ3v) is 3.27. The number of amides is 2. The van der Waals surface area contributed by atoms with Crippen molar-refractivity contribution in [2.75, 3.05) is 30.9 Å². The molecule has 0 spiro atoms. The highest BCUT2D eigenvalue weighted by Crippen LogP contribution is 2.22. The Morgan fingerprint density at radius 1 is 1.29 bits per heavy atom.